The van der Waals surface area contributed by atoms with Crippen molar-refractivity contribution in [2.75, 3.05) is 43.1 Å². The molecule has 23 heavy (non-hydrogen) atoms. The normalized spacial score (nSPS) is 18.4. The lowest BCUT2D eigenvalue weighted by Gasteiger charge is -2.25. The number of fused-ring (bicyclic) bond motifs is 1. The van der Waals surface area contributed by atoms with Crippen molar-refractivity contribution in [3.05, 3.63) is 18.2 Å². The minimum atomic E-state index is -2.80. The van der Waals surface area contributed by atoms with Gasteiger partial charge in [-0.1, -0.05) is 11.3 Å². The molecule has 1 aromatic heterocycles. The predicted molar refractivity (Wildman–Crippen MR) is 87.8 cm³/mol. The Balaban J connectivity index is 1.74. The zero-order valence-corrected chi connectivity index (χ0v) is 13.6. The lowest BCUT2D eigenvalue weighted by atomic mass is 10.1. The Morgan fingerprint density at radius 3 is 2.87 bits per heavy atom. The van der Waals surface area contributed by atoms with Crippen LogP contribution in [0, 0.1) is 0 Å². The molecule has 2 N–H and O–H groups in total. The number of benzene rings is 1. The number of thiazole rings is 1. The molecule has 0 radical (unpaired) electrons. The molecule has 0 amide bonds. The molecule has 0 aliphatic carbocycles. The molecular weight excluding hydrogens is 324 g/mol. The third kappa shape index (κ3) is 3.70. The molecule has 1 saturated heterocycles. The Labute approximate surface area is 136 Å². The summed E-state index contributed by atoms with van der Waals surface area (Å²) in [6.07, 6.45) is -2.80. The Kier molecular flexibility index (Phi) is 4.65. The van der Waals surface area contributed by atoms with Crippen LogP contribution in [-0.4, -0.2) is 55.0 Å². The van der Waals surface area contributed by atoms with Gasteiger partial charge in [0.25, 0.3) is 6.43 Å². The fraction of sp³-hybridized carbons (Fsp3) is 0.533. The van der Waals surface area contributed by atoms with E-state index >= 15 is 0 Å². The highest BCUT2D eigenvalue weighted by molar-refractivity contribution is 7.22. The van der Waals surface area contributed by atoms with Crippen molar-refractivity contribution in [1.29, 1.82) is 0 Å². The van der Waals surface area contributed by atoms with E-state index in [0.717, 1.165) is 35.4 Å². The molecular formula is C15H19F2N3O2S. The lowest BCUT2D eigenvalue weighted by molar-refractivity contribution is -0.0732. The second-order valence-corrected chi connectivity index (χ2v) is 6.80. The van der Waals surface area contributed by atoms with Gasteiger partial charge < -0.3 is 20.1 Å². The van der Waals surface area contributed by atoms with Gasteiger partial charge in [-0.25, -0.2) is 13.8 Å². The largest absolute Gasteiger partial charge is 0.382 e. The molecule has 0 bridgehead atoms. The number of halogens is 2. The Hall–Kier alpha value is -1.51. The summed E-state index contributed by atoms with van der Waals surface area (Å²) in [6, 6.07) is 5.51. The monoisotopic (exact) mass is 343 g/mol. The maximum Gasteiger partial charge on any atom is 0.268 e. The fourth-order valence-corrected chi connectivity index (χ4v) is 3.33. The summed E-state index contributed by atoms with van der Waals surface area (Å²) >= 11 is 1.57. The van der Waals surface area contributed by atoms with Gasteiger partial charge in [0.1, 0.15) is 5.60 Å². The maximum absolute atomic E-state index is 12.7. The van der Waals surface area contributed by atoms with Crippen LogP contribution in [0.15, 0.2) is 18.2 Å². The first-order chi connectivity index (χ1) is 11.0. The average molecular weight is 343 g/mol. The van der Waals surface area contributed by atoms with Crippen molar-refractivity contribution in [3.8, 4) is 0 Å². The van der Waals surface area contributed by atoms with E-state index in [4.69, 9.17) is 4.74 Å². The number of hydrogen-bond acceptors (Lipinski definition) is 6. The first kappa shape index (κ1) is 16.4. The first-order valence-corrected chi connectivity index (χ1v) is 8.25. The molecule has 0 spiro atoms. The topological polar surface area (TPSA) is 57.6 Å². The molecule has 1 atom stereocenters. The molecule has 1 unspecified atom stereocenters. The summed E-state index contributed by atoms with van der Waals surface area (Å²) in [5, 5.41) is 13.4. The molecule has 0 saturated carbocycles. The van der Waals surface area contributed by atoms with Gasteiger partial charge >= 0.3 is 0 Å². The standard InChI is InChI=1S/C15H19F2N3O2S/c1-15(21,13(16)17)9-18-10-2-3-11-12(8-10)23-14(19-11)20-4-6-22-7-5-20/h2-3,8,13,18,21H,4-7,9H2,1H3. The van der Waals surface area contributed by atoms with Gasteiger partial charge in [0.2, 0.25) is 0 Å². The number of alkyl halides is 2. The number of morpholine rings is 1. The number of ether oxygens (including phenoxy) is 1. The van der Waals surface area contributed by atoms with Gasteiger partial charge in [0.15, 0.2) is 5.13 Å². The number of nitrogens with zero attached hydrogens (tertiary/aromatic N) is 2. The van der Waals surface area contributed by atoms with Crippen LogP contribution < -0.4 is 10.2 Å². The molecule has 1 aliphatic rings. The van der Waals surface area contributed by atoms with Gasteiger partial charge in [-0.2, -0.15) is 0 Å². The molecule has 2 heterocycles. The summed E-state index contributed by atoms with van der Waals surface area (Å²) in [7, 11) is 0. The van der Waals surface area contributed by atoms with Gasteiger partial charge in [-0.05, 0) is 25.1 Å². The van der Waals surface area contributed by atoms with Crippen molar-refractivity contribution >= 4 is 32.4 Å². The number of anilines is 2. The highest BCUT2D eigenvalue weighted by Gasteiger charge is 2.31. The first-order valence-electron chi connectivity index (χ1n) is 7.43. The summed E-state index contributed by atoms with van der Waals surface area (Å²) in [6.45, 7) is 3.94. The van der Waals surface area contributed by atoms with Crippen LogP contribution in [0.3, 0.4) is 0 Å². The van der Waals surface area contributed by atoms with E-state index in [9.17, 15) is 13.9 Å². The molecule has 1 aliphatic heterocycles. The molecule has 126 valence electrons. The van der Waals surface area contributed by atoms with Crippen LogP contribution in [0.5, 0.6) is 0 Å². The molecule has 2 aromatic rings. The molecule has 1 fully saturated rings. The number of hydrogen-bond donors (Lipinski definition) is 2. The summed E-state index contributed by atoms with van der Waals surface area (Å²) in [5.41, 5.74) is -0.486. The summed E-state index contributed by atoms with van der Waals surface area (Å²) < 4.78 is 31.6. The van der Waals surface area contributed by atoms with Crippen LogP contribution >= 0.6 is 11.3 Å². The zero-order valence-electron chi connectivity index (χ0n) is 12.8. The Morgan fingerprint density at radius 1 is 1.43 bits per heavy atom. The summed E-state index contributed by atoms with van der Waals surface area (Å²) in [5.74, 6) is 0. The lowest BCUT2D eigenvalue weighted by Crippen LogP contribution is -2.40. The molecule has 8 heteroatoms. The third-order valence-corrected chi connectivity index (χ3v) is 4.86. The highest BCUT2D eigenvalue weighted by Crippen LogP contribution is 2.31. The molecule has 5 nitrogen and oxygen atoms in total. The van der Waals surface area contributed by atoms with E-state index in [2.05, 4.69) is 15.2 Å². The predicted octanol–water partition coefficient (Wildman–Crippen LogP) is 2.56. The van der Waals surface area contributed by atoms with Gasteiger partial charge in [-0.3, -0.25) is 0 Å². The second-order valence-electron chi connectivity index (χ2n) is 5.79. The minimum Gasteiger partial charge on any atom is -0.382 e. The smallest absolute Gasteiger partial charge is 0.268 e. The van der Waals surface area contributed by atoms with Crippen LogP contribution in [0.1, 0.15) is 6.92 Å². The third-order valence-electron chi connectivity index (χ3n) is 3.78. The van der Waals surface area contributed by atoms with E-state index in [1.165, 1.54) is 0 Å². The van der Waals surface area contributed by atoms with E-state index in [1.54, 1.807) is 17.4 Å². The number of aromatic nitrogens is 1. The molecule has 1 aromatic carbocycles. The van der Waals surface area contributed by atoms with Crippen LogP contribution in [0.25, 0.3) is 10.2 Å². The van der Waals surface area contributed by atoms with Crippen molar-refractivity contribution in [3.63, 3.8) is 0 Å². The average Bonchev–Trinajstić information content (AvgIpc) is 2.97. The number of nitrogens with one attached hydrogen (secondary N) is 1. The Morgan fingerprint density at radius 2 is 2.17 bits per heavy atom. The van der Waals surface area contributed by atoms with Crippen LogP contribution in [0.2, 0.25) is 0 Å². The van der Waals surface area contributed by atoms with E-state index < -0.39 is 12.0 Å². The number of rotatable bonds is 5. The fourth-order valence-electron chi connectivity index (χ4n) is 2.27. The van der Waals surface area contributed by atoms with Crippen LogP contribution in [-0.2, 0) is 4.74 Å². The van der Waals surface area contributed by atoms with Crippen molar-refractivity contribution in [2.45, 2.75) is 19.0 Å². The van der Waals surface area contributed by atoms with Crippen molar-refractivity contribution in [2.24, 2.45) is 0 Å². The minimum absolute atomic E-state index is 0.217. The van der Waals surface area contributed by atoms with E-state index in [1.807, 2.05) is 12.1 Å². The highest BCUT2D eigenvalue weighted by atomic mass is 32.1. The van der Waals surface area contributed by atoms with Gasteiger partial charge in [0.05, 0.1) is 23.4 Å². The second kappa shape index (κ2) is 6.54. The van der Waals surface area contributed by atoms with E-state index in [-0.39, 0.29) is 6.54 Å². The SMILES string of the molecule is CC(O)(CNc1ccc2nc(N3CCOCC3)sc2c1)C(F)F. The van der Waals surface area contributed by atoms with E-state index in [0.29, 0.717) is 18.9 Å². The zero-order chi connectivity index (χ0) is 16.4. The Bertz CT molecular complexity index is 672. The number of aliphatic hydroxyl groups is 1. The summed E-state index contributed by atoms with van der Waals surface area (Å²) in [4.78, 5) is 6.79. The quantitative estimate of drug-likeness (QED) is 0.874. The molecule has 3 rings (SSSR count). The van der Waals surface area contributed by atoms with Crippen molar-refractivity contribution in [1.82, 2.24) is 4.98 Å². The van der Waals surface area contributed by atoms with Gasteiger partial charge in [-0.15, -0.1) is 0 Å². The van der Waals surface area contributed by atoms with Gasteiger partial charge in [0, 0.05) is 25.3 Å². The van der Waals surface area contributed by atoms with Crippen LogP contribution in [0.4, 0.5) is 19.6 Å². The van der Waals surface area contributed by atoms with Crippen molar-refractivity contribution < 1.29 is 18.6 Å². The maximum atomic E-state index is 12.7.